The lowest BCUT2D eigenvalue weighted by molar-refractivity contribution is 0.410. The highest BCUT2D eigenvalue weighted by molar-refractivity contribution is 7.85. The summed E-state index contributed by atoms with van der Waals surface area (Å²) in [5.41, 5.74) is 10.7. The first kappa shape index (κ1) is 20.5. The number of fused-ring (bicyclic) bond motifs is 2. The number of hydrogen-bond acceptors (Lipinski definition) is 5. The Labute approximate surface area is 186 Å². The summed E-state index contributed by atoms with van der Waals surface area (Å²) >= 11 is 0. The smallest absolute Gasteiger partial charge is 0.131 e. The van der Waals surface area contributed by atoms with Crippen LogP contribution in [-0.2, 0) is 17.3 Å². The summed E-state index contributed by atoms with van der Waals surface area (Å²) in [6.07, 6.45) is 4.43. The van der Waals surface area contributed by atoms with E-state index < -0.39 is 10.8 Å². The topological polar surface area (TPSA) is 71.2 Å². The van der Waals surface area contributed by atoms with Crippen LogP contribution in [0.15, 0.2) is 53.4 Å². The summed E-state index contributed by atoms with van der Waals surface area (Å²) in [6.45, 7) is 3.56. The van der Waals surface area contributed by atoms with E-state index in [2.05, 4.69) is 47.5 Å². The normalized spacial score (nSPS) is 23.9. The van der Waals surface area contributed by atoms with Crippen LogP contribution >= 0.6 is 0 Å². The Hall–Kier alpha value is -2.44. The van der Waals surface area contributed by atoms with Crippen molar-refractivity contribution < 1.29 is 4.21 Å². The fraction of sp³-hybridized carbons (Fsp3) is 0.400. The third-order valence-corrected chi connectivity index (χ3v) is 7.92. The second-order valence-electron chi connectivity index (χ2n) is 8.90. The van der Waals surface area contributed by atoms with E-state index in [0.29, 0.717) is 11.8 Å². The fourth-order valence-corrected chi connectivity index (χ4v) is 6.09. The van der Waals surface area contributed by atoms with Gasteiger partial charge in [-0.1, -0.05) is 29.8 Å². The van der Waals surface area contributed by atoms with Gasteiger partial charge in [-0.05, 0) is 56.4 Å². The molecular formula is C25H30N4OS. The first-order valence-electron chi connectivity index (χ1n) is 11.2. The van der Waals surface area contributed by atoms with Crippen LogP contribution in [0.2, 0.25) is 0 Å². The molecule has 1 fully saturated rings. The number of aryl methyl sites for hydroxylation is 1. The first-order valence-corrected chi connectivity index (χ1v) is 12.5. The average molecular weight is 435 g/mol. The molecule has 3 atom stereocenters. The summed E-state index contributed by atoms with van der Waals surface area (Å²) in [5, 5.41) is 4.95. The van der Waals surface area contributed by atoms with Gasteiger partial charge in [0.15, 0.2) is 0 Å². The van der Waals surface area contributed by atoms with Gasteiger partial charge in [0, 0.05) is 53.0 Å². The van der Waals surface area contributed by atoms with E-state index >= 15 is 0 Å². The maximum Gasteiger partial charge on any atom is 0.131 e. The second kappa shape index (κ2) is 8.60. The Kier molecular flexibility index (Phi) is 5.67. The van der Waals surface area contributed by atoms with Crippen molar-refractivity contribution >= 4 is 33.2 Å². The zero-order valence-electron chi connectivity index (χ0n) is 18.0. The maximum atomic E-state index is 12.7. The standard InChI is InChI=1S/C25H30N4OS/c1-17-9-10-22-21(13-17)23(27-20-7-4-6-19(26)14-20)15-25(28-22)29-11-12-31(30)24-8-3-2-5-18(24)16-29/h2-3,5,8-10,13,15,19-20H,4,6-7,11-12,14,16,26H2,1H3,(H,27,28). The monoisotopic (exact) mass is 434 g/mol. The van der Waals surface area contributed by atoms with Crippen LogP contribution < -0.4 is 16.0 Å². The van der Waals surface area contributed by atoms with Crippen molar-refractivity contribution in [2.24, 2.45) is 5.73 Å². The lowest BCUT2D eigenvalue weighted by Crippen LogP contribution is -2.35. The molecule has 3 unspecified atom stereocenters. The van der Waals surface area contributed by atoms with Crippen LogP contribution in [0, 0.1) is 6.92 Å². The third kappa shape index (κ3) is 4.32. The number of nitrogens with one attached hydrogen (secondary N) is 1. The van der Waals surface area contributed by atoms with Crippen LogP contribution in [0.4, 0.5) is 11.5 Å². The molecule has 1 aliphatic heterocycles. The number of nitrogens with two attached hydrogens (primary N) is 1. The van der Waals surface area contributed by atoms with Gasteiger partial charge in [-0.25, -0.2) is 4.98 Å². The van der Waals surface area contributed by atoms with Crippen molar-refractivity contribution in [3.8, 4) is 0 Å². The van der Waals surface area contributed by atoms with Gasteiger partial charge in [0.25, 0.3) is 0 Å². The molecule has 1 aliphatic carbocycles. The largest absolute Gasteiger partial charge is 0.382 e. The number of hydrogen-bond donors (Lipinski definition) is 2. The molecule has 0 spiro atoms. The SMILES string of the molecule is Cc1ccc2nc(N3CCS(=O)c4ccccc4C3)cc(NC3CCCC(N)C3)c2c1. The van der Waals surface area contributed by atoms with Crippen molar-refractivity contribution in [2.75, 3.05) is 22.5 Å². The van der Waals surface area contributed by atoms with Crippen molar-refractivity contribution in [1.82, 2.24) is 4.98 Å². The predicted octanol–water partition coefficient (Wildman–Crippen LogP) is 4.35. The van der Waals surface area contributed by atoms with E-state index in [9.17, 15) is 4.21 Å². The molecule has 2 aromatic carbocycles. The minimum atomic E-state index is -0.971. The predicted molar refractivity (Wildman–Crippen MR) is 129 cm³/mol. The summed E-state index contributed by atoms with van der Waals surface area (Å²) in [5.74, 6) is 1.55. The Morgan fingerprint density at radius 1 is 1.16 bits per heavy atom. The van der Waals surface area contributed by atoms with Gasteiger partial charge in [0.2, 0.25) is 0 Å². The molecular weight excluding hydrogens is 404 g/mol. The highest BCUT2D eigenvalue weighted by Gasteiger charge is 2.23. The molecule has 6 heteroatoms. The molecule has 0 bridgehead atoms. The van der Waals surface area contributed by atoms with Crippen molar-refractivity contribution in [3.63, 3.8) is 0 Å². The van der Waals surface area contributed by atoms with Crippen LogP contribution in [-0.4, -0.2) is 33.6 Å². The highest BCUT2D eigenvalue weighted by atomic mass is 32.2. The van der Waals surface area contributed by atoms with E-state index in [1.54, 1.807) is 0 Å². The molecule has 1 aromatic heterocycles. The molecule has 2 aliphatic rings. The molecule has 162 valence electrons. The average Bonchev–Trinajstić information content (AvgIpc) is 2.93. The molecule has 1 saturated carbocycles. The van der Waals surface area contributed by atoms with Gasteiger partial charge in [-0.2, -0.15) is 0 Å². The third-order valence-electron chi connectivity index (χ3n) is 6.47. The molecule has 0 radical (unpaired) electrons. The van der Waals surface area contributed by atoms with E-state index in [1.165, 1.54) is 12.0 Å². The number of aromatic nitrogens is 1. The minimum absolute atomic E-state index is 0.276. The highest BCUT2D eigenvalue weighted by Crippen LogP contribution is 2.32. The van der Waals surface area contributed by atoms with Gasteiger partial charge < -0.3 is 16.0 Å². The zero-order valence-corrected chi connectivity index (χ0v) is 18.8. The lowest BCUT2D eigenvalue weighted by atomic mass is 9.91. The number of nitrogens with zero attached hydrogens (tertiary/aromatic N) is 2. The minimum Gasteiger partial charge on any atom is -0.382 e. The number of anilines is 2. The summed E-state index contributed by atoms with van der Waals surface area (Å²) in [7, 11) is -0.971. The van der Waals surface area contributed by atoms with Crippen LogP contribution in [0.3, 0.4) is 0 Å². The molecule has 0 amide bonds. The number of rotatable bonds is 3. The number of benzene rings is 2. The van der Waals surface area contributed by atoms with Crippen LogP contribution in [0.1, 0.15) is 36.8 Å². The quantitative estimate of drug-likeness (QED) is 0.641. The Morgan fingerprint density at radius 2 is 2.03 bits per heavy atom. The second-order valence-corrected chi connectivity index (χ2v) is 10.4. The van der Waals surface area contributed by atoms with Crippen molar-refractivity contribution in [2.45, 2.75) is 56.1 Å². The Morgan fingerprint density at radius 3 is 2.90 bits per heavy atom. The zero-order chi connectivity index (χ0) is 21.4. The molecule has 31 heavy (non-hydrogen) atoms. The fourth-order valence-electron chi connectivity index (χ4n) is 4.83. The van der Waals surface area contributed by atoms with Crippen LogP contribution in [0.5, 0.6) is 0 Å². The van der Waals surface area contributed by atoms with Gasteiger partial charge >= 0.3 is 0 Å². The van der Waals surface area contributed by atoms with E-state index in [0.717, 1.165) is 65.2 Å². The van der Waals surface area contributed by atoms with E-state index in [1.807, 2.05) is 18.2 Å². The van der Waals surface area contributed by atoms with E-state index in [-0.39, 0.29) is 6.04 Å². The summed E-state index contributed by atoms with van der Waals surface area (Å²) in [6, 6.07) is 17.3. The molecule has 5 nitrogen and oxygen atoms in total. The van der Waals surface area contributed by atoms with Gasteiger partial charge in [0.1, 0.15) is 5.82 Å². The van der Waals surface area contributed by atoms with Gasteiger partial charge in [-0.3, -0.25) is 4.21 Å². The lowest BCUT2D eigenvalue weighted by Gasteiger charge is -2.29. The maximum absolute atomic E-state index is 12.7. The molecule has 5 rings (SSSR count). The van der Waals surface area contributed by atoms with Crippen molar-refractivity contribution in [1.29, 1.82) is 0 Å². The van der Waals surface area contributed by atoms with E-state index in [4.69, 9.17) is 10.7 Å². The van der Waals surface area contributed by atoms with Gasteiger partial charge in [0.05, 0.1) is 16.3 Å². The molecule has 3 aromatic rings. The molecule has 0 saturated heterocycles. The molecule has 3 N–H and O–H groups in total. The Bertz CT molecular complexity index is 1130. The van der Waals surface area contributed by atoms with Gasteiger partial charge in [-0.15, -0.1) is 0 Å². The molecule has 2 heterocycles. The van der Waals surface area contributed by atoms with Crippen molar-refractivity contribution in [3.05, 3.63) is 59.7 Å². The number of pyridine rings is 1. The van der Waals surface area contributed by atoms with Crippen LogP contribution in [0.25, 0.3) is 10.9 Å². The summed E-state index contributed by atoms with van der Waals surface area (Å²) < 4.78 is 12.7. The first-order chi connectivity index (χ1) is 15.1. The Balaban J connectivity index is 1.53. The summed E-state index contributed by atoms with van der Waals surface area (Å²) in [4.78, 5) is 8.23.